The molecule has 1 saturated heterocycles. The first-order chi connectivity index (χ1) is 8.61. The molecule has 2 aliphatic rings. The highest BCUT2D eigenvalue weighted by atomic mass is 35.5. The van der Waals surface area contributed by atoms with E-state index in [1.54, 1.807) is 0 Å². The Labute approximate surface area is 111 Å². The van der Waals surface area contributed by atoms with E-state index < -0.39 is 10.8 Å². The van der Waals surface area contributed by atoms with Gasteiger partial charge in [-0.1, -0.05) is 5.21 Å². The summed E-state index contributed by atoms with van der Waals surface area (Å²) in [6, 6.07) is 0. The van der Waals surface area contributed by atoms with Crippen LogP contribution in [0, 0.1) is 0 Å². The summed E-state index contributed by atoms with van der Waals surface area (Å²) in [7, 11) is 4.23. The highest BCUT2D eigenvalue weighted by molar-refractivity contribution is 7.86. The molecule has 92 valence electrons. The third-order valence-corrected chi connectivity index (χ3v) is 4.84. The van der Waals surface area contributed by atoms with E-state index in [4.69, 9.17) is 19.6 Å². The van der Waals surface area contributed by atoms with E-state index >= 15 is 0 Å². The van der Waals surface area contributed by atoms with Crippen LogP contribution < -0.4 is 0 Å². The van der Waals surface area contributed by atoms with Gasteiger partial charge in [0.05, 0.1) is 17.9 Å². The average Bonchev–Trinajstić information content (AvgIpc) is 2.75. The van der Waals surface area contributed by atoms with Crippen molar-refractivity contribution in [2.24, 2.45) is 0 Å². The summed E-state index contributed by atoms with van der Waals surface area (Å²) in [5.41, 5.74) is 1.18. The van der Waals surface area contributed by atoms with Crippen molar-refractivity contribution in [2.75, 3.05) is 11.6 Å². The molecule has 0 N–H and O–H groups in total. The minimum atomic E-state index is -1.12. The predicted molar refractivity (Wildman–Crippen MR) is 64.9 cm³/mol. The zero-order chi connectivity index (χ0) is 12.9. The zero-order valence-corrected chi connectivity index (χ0v) is 10.7. The predicted octanol–water partition coefficient (Wildman–Crippen LogP) is -1.12. The van der Waals surface area contributed by atoms with E-state index in [1.165, 1.54) is 4.90 Å². The molecule has 0 bridgehead atoms. The van der Waals surface area contributed by atoms with Gasteiger partial charge in [-0.15, -0.1) is 21.8 Å². The maximum atomic E-state index is 11.9. The summed E-state index contributed by atoms with van der Waals surface area (Å²) in [4.78, 5) is 13.1. The van der Waals surface area contributed by atoms with Crippen LogP contribution in [0.15, 0.2) is 5.57 Å². The molecule has 2 atom stereocenters. The average molecular weight is 284 g/mol. The van der Waals surface area contributed by atoms with E-state index in [-0.39, 0.29) is 29.4 Å². The zero-order valence-electron chi connectivity index (χ0n) is 9.11. The Morgan fingerprint density at radius 2 is 2.33 bits per heavy atom. The second-order valence-electron chi connectivity index (χ2n) is 3.97. The van der Waals surface area contributed by atoms with Crippen LogP contribution in [0.4, 0.5) is 0 Å². The number of aromatic nitrogens is 4. The van der Waals surface area contributed by atoms with Crippen molar-refractivity contribution in [3.63, 3.8) is 0 Å². The topological polar surface area (TPSA) is 81.0 Å². The molecule has 0 saturated carbocycles. The fraction of sp³-hybridized carbons (Fsp3) is 0.500. The molecule has 10 heteroatoms. The van der Waals surface area contributed by atoms with Gasteiger partial charge < -0.3 is 0 Å². The molecule has 1 fully saturated rings. The highest BCUT2D eigenvalue weighted by Crippen LogP contribution is 2.38. The van der Waals surface area contributed by atoms with Crippen LogP contribution in [0.2, 0.25) is 0 Å². The molecule has 1 amide bonds. The molecular weight excluding hydrogens is 276 g/mol. The number of alkyl halides is 1. The van der Waals surface area contributed by atoms with Gasteiger partial charge in [-0.3, -0.25) is 13.9 Å². The fourth-order valence-electron chi connectivity index (χ4n) is 2.06. The molecule has 7 nitrogen and oxygen atoms in total. The van der Waals surface area contributed by atoms with E-state index in [1.807, 2.05) is 0 Å². The van der Waals surface area contributed by atoms with Crippen molar-refractivity contribution < 1.29 is 9.00 Å². The normalized spacial score (nSPS) is 27.2. The second-order valence-corrected chi connectivity index (χ2v) is 5.83. The third-order valence-electron chi connectivity index (χ3n) is 2.90. The van der Waals surface area contributed by atoms with Crippen LogP contribution in [0.1, 0.15) is 12.2 Å². The molecule has 3 rings (SSSR count). The fourth-order valence-corrected chi connectivity index (χ4v) is 3.95. The Hall–Kier alpha value is -1.22. The van der Waals surface area contributed by atoms with Crippen molar-refractivity contribution in [1.82, 2.24) is 25.0 Å². The van der Waals surface area contributed by atoms with Crippen molar-refractivity contribution in [1.29, 1.82) is 0 Å². The standard InChI is InChI=1S/C8H7BClN5O2S/c9-15-12-8(11-13-15)7-4(2-10)3-18(17)6-1-5(16)14(6)7/h6H,1-3H2/t6-,18?/m1/s1. The van der Waals surface area contributed by atoms with Crippen molar-refractivity contribution in [3.05, 3.63) is 11.4 Å². The van der Waals surface area contributed by atoms with E-state index in [2.05, 4.69) is 15.4 Å². The van der Waals surface area contributed by atoms with Gasteiger partial charge in [-0.05, 0) is 5.57 Å². The van der Waals surface area contributed by atoms with Gasteiger partial charge in [-0.2, -0.15) is 0 Å². The first kappa shape index (κ1) is 11.9. The Morgan fingerprint density at radius 1 is 1.56 bits per heavy atom. The number of tetrazole rings is 1. The Bertz CT molecular complexity index is 588. The number of rotatable bonds is 2. The molecule has 18 heavy (non-hydrogen) atoms. The van der Waals surface area contributed by atoms with Crippen LogP contribution in [0.5, 0.6) is 0 Å². The number of carbonyl (C=O) groups excluding carboxylic acids is 1. The summed E-state index contributed by atoms with van der Waals surface area (Å²) in [6.45, 7) is 0. The van der Waals surface area contributed by atoms with Gasteiger partial charge in [0.25, 0.3) is 7.98 Å². The summed E-state index contributed by atoms with van der Waals surface area (Å²) in [6.07, 6.45) is 0.280. The Morgan fingerprint density at radius 3 is 2.89 bits per heavy atom. The Balaban J connectivity index is 2.11. The van der Waals surface area contributed by atoms with Crippen molar-refractivity contribution >= 4 is 42.0 Å². The first-order valence-electron chi connectivity index (χ1n) is 5.14. The number of halogens is 1. The molecule has 0 aromatic carbocycles. The molecule has 1 aromatic heterocycles. The Kier molecular flexibility index (Phi) is 2.74. The molecule has 3 heterocycles. The van der Waals surface area contributed by atoms with E-state index in [9.17, 15) is 9.00 Å². The molecule has 1 aromatic rings. The van der Waals surface area contributed by atoms with E-state index in [0.717, 1.165) is 4.71 Å². The largest absolute Gasteiger partial charge is 0.298 e. The molecular formula is C8H7BClN5O2S. The number of hydrogen-bond acceptors (Lipinski definition) is 5. The number of carbonyl (C=O) groups is 1. The van der Waals surface area contributed by atoms with Crippen LogP contribution >= 0.6 is 11.6 Å². The van der Waals surface area contributed by atoms with Crippen LogP contribution in [0.25, 0.3) is 5.70 Å². The van der Waals surface area contributed by atoms with Gasteiger partial charge in [0.15, 0.2) is 0 Å². The van der Waals surface area contributed by atoms with Crippen LogP contribution in [-0.4, -0.2) is 60.1 Å². The maximum absolute atomic E-state index is 11.9. The molecule has 2 radical (unpaired) electrons. The van der Waals surface area contributed by atoms with Gasteiger partial charge in [0.2, 0.25) is 11.7 Å². The summed E-state index contributed by atoms with van der Waals surface area (Å²) in [5.74, 6) is 0.616. The smallest absolute Gasteiger partial charge is 0.293 e. The minimum Gasteiger partial charge on any atom is -0.293 e. The number of nitrogens with zero attached hydrogens (tertiary/aromatic N) is 5. The lowest BCUT2D eigenvalue weighted by Gasteiger charge is -2.43. The summed E-state index contributed by atoms with van der Waals surface area (Å²) in [5, 5.41) is 10.9. The quantitative estimate of drug-likeness (QED) is 0.390. The van der Waals surface area contributed by atoms with Crippen molar-refractivity contribution in [2.45, 2.75) is 11.8 Å². The maximum Gasteiger partial charge on any atom is 0.298 e. The monoisotopic (exact) mass is 283 g/mol. The molecule has 2 aliphatic heterocycles. The van der Waals surface area contributed by atoms with Crippen LogP contribution in [-0.2, 0) is 15.6 Å². The van der Waals surface area contributed by atoms with Gasteiger partial charge >= 0.3 is 0 Å². The first-order valence-corrected chi connectivity index (χ1v) is 7.06. The number of fused-ring (bicyclic) bond motifs is 1. The summed E-state index contributed by atoms with van der Waals surface area (Å²) < 4.78 is 12.7. The number of amides is 1. The van der Waals surface area contributed by atoms with Gasteiger partial charge in [0, 0.05) is 16.7 Å². The molecule has 1 unspecified atom stereocenters. The number of hydrogen-bond donors (Lipinski definition) is 0. The molecule has 0 spiro atoms. The van der Waals surface area contributed by atoms with E-state index in [0.29, 0.717) is 17.0 Å². The van der Waals surface area contributed by atoms with Crippen molar-refractivity contribution in [3.8, 4) is 0 Å². The lowest BCUT2D eigenvalue weighted by molar-refractivity contribution is -0.136. The second kappa shape index (κ2) is 4.16. The highest BCUT2D eigenvalue weighted by Gasteiger charge is 2.47. The lowest BCUT2D eigenvalue weighted by Crippen LogP contribution is -2.56. The summed E-state index contributed by atoms with van der Waals surface area (Å²) >= 11 is 5.84. The molecule has 0 aliphatic carbocycles. The number of β-lactam (4-membered cyclic amide) rings is 1. The lowest BCUT2D eigenvalue weighted by atomic mass is 10.1. The van der Waals surface area contributed by atoms with Crippen LogP contribution in [0.3, 0.4) is 0 Å². The third kappa shape index (κ3) is 1.61. The van der Waals surface area contributed by atoms with Gasteiger partial charge in [0.1, 0.15) is 5.37 Å². The SMILES string of the molecule is [B]n1nnc(C2=C(CCl)CS(=O)[C@@H]3CC(=O)N23)n1. The minimum absolute atomic E-state index is 0.112. The van der Waals surface area contributed by atoms with Gasteiger partial charge in [-0.25, -0.2) is 4.71 Å².